The topological polar surface area (TPSA) is 0 Å². The van der Waals surface area contributed by atoms with Crippen LogP contribution in [0.15, 0.2) is 0 Å². The van der Waals surface area contributed by atoms with Gasteiger partial charge < -0.3 is 0 Å². The molecule has 0 saturated heterocycles. The van der Waals surface area contributed by atoms with Gasteiger partial charge in [0.1, 0.15) is 0 Å². The molecule has 0 atom stereocenters. The van der Waals surface area contributed by atoms with Crippen LogP contribution in [-0.2, 0) is 56.0 Å². The Labute approximate surface area is 91.8 Å². The first-order chi connectivity index (χ1) is 0. The minimum atomic E-state index is 0. The zero-order valence-corrected chi connectivity index (χ0v) is 8.91. The van der Waals surface area contributed by atoms with E-state index in [4.69, 9.17) is 0 Å². The van der Waals surface area contributed by atoms with Crippen LogP contribution in [0.5, 0.6) is 0 Å². The molecule has 0 rings (SSSR count). The van der Waals surface area contributed by atoms with Crippen LogP contribution in [0.25, 0.3) is 0 Å². The second-order valence-electron chi connectivity index (χ2n) is 0. The van der Waals surface area contributed by atoms with Crippen molar-refractivity contribution < 1.29 is 56.0 Å². The molecule has 0 fully saturated rings. The van der Waals surface area contributed by atoms with E-state index in [1.165, 1.54) is 0 Å². The third-order valence-corrected chi connectivity index (χ3v) is 0. The zero-order chi connectivity index (χ0) is 0. The Morgan fingerprint density at radius 3 is 0.750 bits per heavy atom. The third kappa shape index (κ3) is 8.90. The largest absolute Gasteiger partial charge is 0 e. The summed E-state index contributed by atoms with van der Waals surface area (Å²) < 4.78 is 0. The van der Waals surface area contributed by atoms with E-state index in [1.54, 1.807) is 0 Å². The monoisotopic (exact) mass is 225 g/mol. The summed E-state index contributed by atoms with van der Waals surface area (Å²) in [5.41, 5.74) is 0. The van der Waals surface area contributed by atoms with Crippen molar-refractivity contribution in [2.45, 2.75) is 0 Å². The first kappa shape index (κ1) is 27.9. The van der Waals surface area contributed by atoms with Gasteiger partial charge in [-0.2, -0.15) is 0 Å². The molecular formula is H2CaMnZn2. The molecule has 0 aliphatic heterocycles. The van der Waals surface area contributed by atoms with Crippen molar-refractivity contribution >= 4 is 37.7 Å². The Hall–Kier alpha value is 3.03. The van der Waals surface area contributed by atoms with Crippen LogP contribution in [0.1, 0.15) is 0 Å². The summed E-state index contributed by atoms with van der Waals surface area (Å²) in [5.74, 6) is 0. The Morgan fingerprint density at radius 1 is 0.750 bits per heavy atom. The van der Waals surface area contributed by atoms with Gasteiger partial charge in [-0.25, -0.2) is 0 Å². The SMILES string of the molecule is [CaH2].[Mn].[Zn].[Zn]. The van der Waals surface area contributed by atoms with E-state index >= 15 is 0 Å². The average Bonchev–Trinajstić information content (AvgIpc) is 0. The van der Waals surface area contributed by atoms with Gasteiger partial charge >= 0.3 is 37.7 Å². The van der Waals surface area contributed by atoms with Gasteiger partial charge in [0.05, 0.1) is 0 Å². The summed E-state index contributed by atoms with van der Waals surface area (Å²) in [6, 6.07) is 0. The molecule has 0 bridgehead atoms. The molecule has 0 N–H and O–H groups in total. The Morgan fingerprint density at radius 2 is 0.750 bits per heavy atom. The molecule has 15 valence electrons. The minimum absolute atomic E-state index is 0. The molecule has 0 saturated carbocycles. The fourth-order valence-corrected chi connectivity index (χ4v) is 0. The Balaban J connectivity index is 0. The van der Waals surface area contributed by atoms with E-state index in [9.17, 15) is 0 Å². The van der Waals surface area contributed by atoms with Gasteiger partial charge in [0, 0.05) is 56.0 Å². The van der Waals surface area contributed by atoms with E-state index in [0.29, 0.717) is 0 Å². The average molecular weight is 228 g/mol. The smallest absolute Gasteiger partial charge is 0 e. The van der Waals surface area contributed by atoms with Crippen LogP contribution in [0.4, 0.5) is 0 Å². The second kappa shape index (κ2) is 16.6. The molecule has 4 heteroatoms. The minimum Gasteiger partial charge on any atom is 0 e. The molecule has 0 nitrogen and oxygen atoms in total. The summed E-state index contributed by atoms with van der Waals surface area (Å²) in [5, 5.41) is 0. The first-order valence-corrected chi connectivity index (χ1v) is 0. The van der Waals surface area contributed by atoms with E-state index in [-0.39, 0.29) is 93.8 Å². The van der Waals surface area contributed by atoms with E-state index in [2.05, 4.69) is 0 Å². The molecule has 0 unspecified atom stereocenters. The van der Waals surface area contributed by atoms with E-state index in [1.807, 2.05) is 0 Å². The zero-order valence-electron chi connectivity index (χ0n) is 1.79. The predicted molar refractivity (Wildman–Crippen MR) is 8.54 cm³/mol. The summed E-state index contributed by atoms with van der Waals surface area (Å²) in [6.07, 6.45) is 0. The van der Waals surface area contributed by atoms with Crippen LogP contribution in [0, 0.1) is 0 Å². The van der Waals surface area contributed by atoms with Gasteiger partial charge in [0.15, 0.2) is 0 Å². The van der Waals surface area contributed by atoms with Crippen molar-refractivity contribution in [1.29, 1.82) is 0 Å². The second-order valence-corrected chi connectivity index (χ2v) is 0. The van der Waals surface area contributed by atoms with Gasteiger partial charge in [-0.05, 0) is 0 Å². The van der Waals surface area contributed by atoms with Gasteiger partial charge in [-0.3, -0.25) is 0 Å². The third-order valence-electron chi connectivity index (χ3n) is 0. The Bertz CT molecular complexity index is 6.00. The van der Waals surface area contributed by atoms with Crippen LogP contribution < -0.4 is 0 Å². The number of hydrogen-bond acceptors (Lipinski definition) is 0. The van der Waals surface area contributed by atoms with Crippen LogP contribution >= 0.6 is 0 Å². The van der Waals surface area contributed by atoms with Crippen LogP contribution in [0.2, 0.25) is 0 Å². The normalized spacial score (nSPS) is 0. The predicted octanol–water partition coefficient (Wildman–Crippen LogP) is -0.924. The summed E-state index contributed by atoms with van der Waals surface area (Å²) in [6.45, 7) is 0. The molecule has 4 heavy (non-hydrogen) atoms. The first-order valence-electron chi connectivity index (χ1n) is 0. The molecule has 0 aliphatic carbocycles. The molecule has 0 aliphatic rings. The van der Waals surface area contributed by atoms with Crippen molar-refractivity contribution in [1.82, 2.24) is 0 Å². The van der Waals surface area contributed by atoms with Gasteiger partial charge in [0.25, 0.3) is 0 Å². The standard InChI is InChI=1S/Ca.Mn.2Zn.2H. The number of hydrogen-bond donors (Lipinski definition) is 0. The summed E-state index contributed by atoms with van der Waals surface area (Å²) >= 11 is 0. The van der Waals surface area contributed by atoms with Crippen molar-refractivity contribution in [3.8, 4) is 0 Å². The Kier molecular flexibility index (Phi) is 116. The fraction of sp³-hybridized carbons (Fsp3) is 0. The van der Waals surface area contributed by atoms with Gasteiger partial charge in [-0.15, -0.1) is 0 Å². The van der Waals surface area contributed by atoms with Gasteiger partial charge in [0.2, 0.25) is 0 Å². The quantitative estimate of drug-likeness (QED) is 0.470. The van der Waals surface area contributed by atoms with Gasteiger partial charge in [-0.1, -0.05) is 0 Å². The molecule has 0 aromatic rings. The van der Waals surface area contributed by atoms with Crippen molar-refractivity contribution in [2.75, 3.05) is 0 Å². The molecule has 0 spiro atoms. The summed E-state index contributed by atoms with van der Waals surface area (Å²) in [4.78, 5) is 0. The van der Waals surface area contributed by atoms with Crippen molar-refractivity contribution in [2.24, 2.45) is 0 Å². The summed E-state index contributed by atoms with van der Waals surface area (Å²) in [7, 11) is 0. The van der Waals surface area contributed by atoms with Crippen molar-refractivity contribution in [3.63, 3.8) is 0 Å². The fourth-order valence-electron chi connectivity index (χ4n) is 0. The molecule has 0 aromatic heterocycles. The maximum absolute atomic E-state index is 0. The van der Waals surface area contributed by atoms with E-state index < -0.39 is 0 Å². The number of rotatable bonds is 0. The van der Waals surface area contributed by atoms with Crippen molar-refractivity contribution in [3.05, 3.63) is 0 Å². The molecule has 1 radical (unpaired) electrons. The molecule has 0 aromatic carbocycles. The van der Waals surface area contributed by atoms with E-state index in [0.717, 1.165) is 0 Å². The van der Waals surface area contributed by atoms with Crippen LogP contribution in [0.3, 0.4) is 0 Å². The maximum atomic E-state index is 0. The van der Waals surface area contributed by atoms with Crippen LogP contribution in [-0.4, -0.2) is 37.7 Å². The molecular weight excluding hydrogens is 226 g/mol. The molecule has 0 heterocycles. The maximum Gasteiger partial charge on any atom is 0 e. The molecule has 0 amide bonds.